The second-order valence-corrected chi connectivity index (χ2v) is 11.3. The highest BCUT2D eigenvalue weighted by molar-refractivity contribution is 6.39. The molecule has 2 atom stereocenters. The van der Waals surface area contributed by atoms with Gasteiger partial charge in [0.2, 0.25) is 0 Å². The van der Waals surface area contributed by atoms with Crippen LogP contribution in [0.4, 0.5) is 4.79 Å². The molecule has 2 aromatic carbocycles. The molecule has 2 amide bonds. The standard InChI is InChI=1S/C32H42Cl2N2O8/c1-7-41-23-17-32(18-23,30(38)39)35-31(40)36(15-16-44-21(6)22-13-11-10-12-14-22)19(4)24-26(33)28(42-8-2)25(20(5)37)29(27(24)34)43-9-3/h10-14,19,21,23H,7-9,15-18H2,1-6H3,(H,35,40)(H,38,39)/t19-,21+,23?,32?/m1/s1. The molecule has 0 heterocycles. The Morgan fingerprint density at radius 2 is 1.57 bits per heavy atom. The van der Waals surface area contributed by atoms with E-state index in [4.69, 9.17) is 42.1 Å². The van der Waals surface area contributed by atoms with Gasteiger partial charge in [-0.3, -0.25) is 4.79 Å². The number of hydrogen-bond donors (Lipinski definition) is 2. The minimum absolute atomic E-state index is 0.0578. The molecular formula is C32H42Cl2N2O8. The normalized spacial score (nSPS) is 19.0. The third-order valence-electron chi connectivity index (χ3n) is 7.68. The summed E-state index contributed by atoms with van der Waals surface area (Å²) in [7, 11) is 0. The summed E-state index contributed by atoms with van der Waals surface area (Å²) in [6.07, 6.45) is -0.285. The van der Waals surface area contributed by atoms with Crippen LogP contribution in [0.15, 0.2) is 30.3 Å². The van der Waals surface area contributed by atoms with Gasteiger partial charge in [-0.2, -0.15) is 0 Å². The van der Waals surface area contributed by atoms with Crippen LogP contribution in [-0.4, -0.2) is 72.4 Å². The van der Waals surface area contributed by atoms with Crippen molar-refractivity contribution >= 4 is 41.0 Å². The van der Waals surface area contributed by atoms with Crippen LogP contribution < -0.4 is 14.8 Å². The molecule has 1 aliphatic rings. The van der Waals surface area contributed by atoms with Gasteiger partial charge in [0.05, 0.1) is 48.1 Å². The Hall–Kier alpha value is -3.05. The Kier molecular flexibility index (Phi) is 12.7. The second-order valence-electron chi connectivity index (χ2n) is 10.6. The molecule has 12 heteroatoms. The SMILES string of the molecule is CCOc1c(Cl)c([C@@H](C)N(CCO[C@@H](C)c2ccccc2)C(=O)NC2(C(=O)O)CC(OCC)C2)c(Cl)c(OCC)c1C(C)=O. The molecule has 10 nitrogen and oxygen atoms in total. The van der Waals surface area contributed by atoms with E-state index in [-0.39, 0.29) is 84.3 Å². The lowest BCUT2D eigenvalue weighted by Gasteiger charge is -2.45. The number of carboxylic acid groups (broad SMARTS) is 1. The fourth-order valence-corrected chi connectivity index (χ4v) is 6.21. The third-order valence-corrected chi connectivity index (χ3v) is 8.43. The molecule has 44 heavy (non-hydrogen) atoms. The number of halogens is 2. The van der Waals surface area contributed by atoms with Crippen molar-refractivity contribution in [2.24, 2.45) is 0 Å². The van der Waals surface area contributed by atoms with Gasteiger partial charge in [0.1, 0.15) is 11.1 Å². The van der Waals surface area contributed by atoms with Crippen LogP contribution >= 0.6 is 23.2 Å². The van der Waals surface area contributed by atoms with Crippen LogP contribution in [0.1, 0.15) is 88.0 Å². The van der Waals surface area contributed by atoms with Gasteiger partial charge in [-0.15, -0.1) is 0 Å². The number of ketones is 1. The second kappa shape index (κ2) is 15.8. The third kappa shape index (κ3) is 7.77. The number of urea groups is 1. The monoisotopic (exact) mass is 652 g/mol. The van der Waals surface area contributed by atoms with Crippen molar-refractivity contribution < 1.29 is 38.4 Å². The lowest BCUT2D eigenvalue weighted by molar-refractivity contribution is -0.156. The highest BCUT2D eigenvalue weighted by Crippen LogP contribution is 2.49. The van der Waals surface area contributed by atoms with Crippen LogP contribution in [0.2, 0.25) is 10.0 Å². The smallest absolute Gasteiger partial charge is 0.329 e. The number of carbonyl (C=O) groups is 3. The maximum absolute atomic E-state index is 14.0. The average Bonchev–Trinajstić information content (AvgIpc) is 2.96. The Morgan fingerprint density at radius 1 is 1.00 bits per heavy atom. The van der Waals surface area contributed by atoms with E-state index in [0.29, 0.717) is 12.2 Å². The number of carboxylic acids is 1. The average molecular weight is 654 g/mol. The predicted octanol–water partition coefficient (Wildman–Crippen LogP) is 6.87. The van der Waals surface area contributed by atoms with E-state index in [0.717, 1.165) is 5.56 Å². The van der Waals surface area contributed by atoms with Crippen molar-refractivity contribution in [2.75, 3.05) is 33.0 Å². The van der Waals surface area contributed by atoms with Crippen LogP contribution in [0.5, 0.6) is 11.5 Å². The van der Waals surface area contributed by atoms with E-state index in [1.54, 1.807) is 20.8 Å². The molecule has 0 spiro atoms. The zero-order valence-electron chi connectivity index (χ0n) is 26.1. The number of aliphatic carboxylic acids is 1. The van der Waals surface area contributed by atoms with Crippen LogP contribution in [0.3, 0.4) is 0 Å². The van der Waals surface area contributed by atoms with Gasteiger partial charge in [-0.05, 0) is 47.1 Å². The summed E-state index contributed by atoms with van der Waals surface area (Å²) in [5.74, 6) is -1.30. The molecular weight excluding hydrogens is 611 g/mol. The molecule has 0 radical (unpaired) electrons. The zero-order valence-corrected chi connectivity index (χ0v) is 27.6. The van der Waals surface area contributed by atoms with E-state index in [1.807, 2.05) is 44.2 Å². The minimum Gasteiger partial charge on any atom is -0.491 e. The quantitative estimate of drug-likeness (QED) is 0.188. The molecule has 0 aromatic heterocycles. The van der Waals surface area contributed by atoms with Crippen molar-refractivity contribution in [2.45, 2.75) is 78.2 Å². The molecule has 0 saturated heterocycles. The Balaban J connectivity index is 2.02. The molecule has 2 aromatic rings. The topological polar surface area (TPSA) is 124 Å². The number of benzene rings is 2. The maximum Gasteiger partial charge on any atom is 0.329 e. The van der Waals surface area contributed by atoms with Gasteiger partial charge in [-0.25, -0.2) is 9.59 Å². The van der Waals surface area contributed by atoms with Crippen molar-refractivity contribution in [3.8, 4) is 11.5 Å². The van der Waals surface area contributed by atoms with Gasteiger partial charge < -0.3 is 34.3 Å². The fourth-order valence-electron chi connectivity index (χ4n) is 5.36. The molecule has 1 saturated carbocycles. The summed E-state index contributed by atoms with van der Waals surface area (Å²) in [5, 5.41) is 12.9. The van der Waals surface area contributed by atoms with E-state index in [2.05, 4.69) is 5.32 Å². The molecule has 242 valence electrons. The molecule has 1 fully saturated rings. The Bertz CT molecular complexity index is 1280. The molecule has 3 rings (SSSR count). The fraction of sp³-hybridized carbons (Fsp3) is 0.531. The minimum atomic E-state index is -1.49. The number of nitrogens with zero attached hydrogens (tertiary/aromatic N) is 1. The van der Waals surface area contributed by atoms with Gasteiger partial charge in [0, 0.05) is 31.6 Å². The first-order chi connectivity index (χ1) is 20.9. The lowest BCUT2D eigenvalue weighted by atomic mass is 9.74. The number of carbonyl (C=O) groups excluding carboxylic acids is 2. The number of rotatable bonds is 16. The van der Waals surface area contributed by atoms with E-state index >= 15 is 0 Å². The molecule has 1 aliphatic carbocycles. The van der Waals surface area contributed by atoms with Crippen molar-refractivity contribution in [3.63, 3.8) is 0 Å². The number of hydrogen-bond acceptors (Lipinski definition) is 7. The number of Topliss-reactive ketones (excluding diaryl/α,β-unsaturated/α-hetero) is 1. The zero-order chi connectivity index (χ0) is 32.6. The first kappa shape index (κ1) is 35.4. The number of ether oxygens (including phenoxy) is 4. The van der Waals surface area contributed by atoms with Crippen LogP contribution in [0, 0.1) is 0 Å². The van der Waals surface area contributed by atoms with Crippen molar-refractivity contribution in [1.82, 2.24) is 10.2 Å². The van der Waals surface area contributed by atoms with E-state index in [1.165, 1.54) is 11.8 Å². The van der Waals surface area contributed by atoms with Crippen molar-refractivity contribution in [3.05, 3.63) is 57.1 Å². The highest BCUT2D eigenvalue weighted by Gasteiger charge is 2.53. The maximum atomic E-state index is 14.0. The molecule has 0 unspecified atom stereocenters. The van der Waals surface area contributed by atoms with E-state index < -0.39 is 23.6 Å². The summed E-state index contributed by atoms with van der Waals surface area (Å²) in [6, 6.07) is 8.16. The van der Waals surface area contributed by atoms with Crippen molar-refractivity contribution in [1.29, 1.82) is 0 Å². The molecule has 0 bridgehead atoms. The largest absolute Gasteiger partial charge is 0.491 e. The summed E-state index contributed by atoms with van der Waals surface area (Å²) in [4.78, 5) is 40.4. The Labute approximate surface area is 268 Å². The number of amides is 2. The molecule has 2 N–H and O–H groups in total. The summed E-state index contributed by atoms with van der Waals surface area (Å²) >= 11 is 13.8. The van der Waals surface area contributed by atoms with Gasteiger partial charge >= 0.3 is 12.0 Å². The number of nitrogens with one attached hydrogen (secondary N) is 1. The lowest BCUT2D eigenvalue weighted by Crippen LogP contribution is -2.66. The highest BCUT2D eigenvalue weighted by atomic mass is 35.5. The predicted molar refractivity (Wildman–Crippen MR) is 168 cm³/mol. The first-order valence-electron chi connectivity index (χ1n) is 14.8. The van der Waals surface area contributed by atoms with Crippen LogP contribution in [-0.2, 0) is 14.3 Å². The van der Waals surface area contributed by atoms with Gasteiger partial charge in [0.25, 0.3) is 0 Å². The summed E-state index contributed by atoms with van der Waals surface area (Å²) < 4.78 is 23.3. The summed E-state index contributed by atoms with van der Waals surface area (Å²) in [6.45, 7) is 11.3. The molecule has 0 aliphatic heterocycles. The van der Waals surface area contributed by atoms with Gasteiger partial charge in [-0.1, -0.05) is 53.5 Å². The Morgan fingerprint density at radius 3 is 2.05 bits per heavy atom. The van der Waals surface area contributed by atoms with Gasteiger partial charge in [0.15, 0.2) is 17.3 Å². The first-order valence-corrected chi connectivity index (χ1v) is 15.6. The van der Waals surface area contributed by atoms with E-state index in [9.17, 15) is 19.5 Å². The summed E-state index contributed by atoms with van der Waals surface area (Å²) in [5.41, 5.74) is -0.128. The van der Waals surface area contributed by atoms with Crippen LogP contribution in [0.25, 0.3) is 0 Å².